The number of ether oxygens (including phenoxy) is 1. The van der Waals surface area contributed by atoms with Crippen molar-refractivity contribution in [3.8, 4) is 5.75 Å². The molecule has 3 heterocycles. The summed E-state index contributed by atoms with van der Waals surface area (Å²) in [7, 11) is 3.91. The van der Waals surface area contributed by atoms with Crippen molar-refractivity contribution in [2.75, 3.05) is 33.7 Å². The normalized spacial score (nSPS) is 38.0. The minimum Gasteiger partial charge on any atom is -0.487 e. The van der Waals surface area contributed by atoms with Gasteiger partial charge in [-0.2, -0.15) is 0 Å². The van der Waals surface area contributed by atoms with E-state index in [0.717, 1.165) is 23.4 Å². The van der Waals surface area contributed by atoms with Gasteiger partial charge in [-0.3, -0.25) is 5.41 Å². The molecule has 0 aliphatic carbocycles. The van der Waals surface area contributed by atoms with E-state index >= 15 is 0 Å². The maximum Gasteiger partial charge on any atom is 0.128 e. The fourth-order valence-electron chi connectivity index (χ4n) is 4.44. The van der Waals surface area contributed by atoms with Crippen LogP contribution in [0.1, 0.15) is 11.1 Å². The van der Waals surface area contributed by atoms with E-state index in [1.807, 2.05) is 44.1 Å². The number of likely N-dealkylation sites (tertiary alicyclic amines) is 2. The van der Waals surface area contributed by atoms with E-state index < -0.39 is 11.0 Å². The van der Waals surface area contributed by atoms with Crippen LogP contribution in [-0.4, -0.2) is 60.6 Å². The second-order valence-corrected chi connectivity index (χ2v) is 6.84. The Balaban J connectivity index is 1.99. The zero-order valence-corrected chi connectivity index (χ0v) is 12.7. The molecule has 4 rings (SSSR count). The Bertz CT molecular complexity index is 646. The molecule has 0 aromatic heterocycles. The highest BCUT2D eigenvalue weighted by Gasteiger charge is 2.71. The van der Waals surface area contributed by atoms with Crippen molar-refractivity contribution in [2.45, 2.75) is 18.6 Å². The lowest BCUT2D eigenvalue weighted by Crippen LogP contribution is -2.58. The Kier molecular flexibility index (Phi) is 2.36. The zero-order chi connectivity index (χ0) is 15.0. The highest BCUT2D eigenvalue weighted by Crippen LogP contribution is 2.58. The topological polar surface area (TPSA) is 59.8 Å². The molecule has 3 aliphatic rings. The van der Waals surface area contributed by atoms with E-state index in [2.05, 4.69) is 4.90 Å². The molecule has 112 valence electrons. The number of nitrogens with one attached hydrogen (secondary N) is 1. The first-order valence-corrected chi connectivity index (χ1v) is 7.37. The van der Waals surface area contributed by atoms with E-state index in [-0.39, 0.29) is 6.10 Å². The largest absolute Gasteiger partial charge is 0.487 e. The zero-order valence-electron chi connectivity index (χ0n) is 12.7. The van der Waals surface area contributed by atoms with Crippen molar-refractivity contribution in [3.05, 3.63) is 29.3 Å². The summed E-state index contributed by atoms with van der Waals surface area (Å²) in [4.78, 5) is 4.02. The predicted molar refractivity (Wildman–Crippen MR) is 79.8 cm³/mol. The number of aryl methyl sites for hydroxylation is 1. The number of hydrogen-bond acceptors (Lipinski definition) is 4. The summed E-state index contributed by atoms with van der Waals surface area (Å²) in [6.45, 7) is 3.87. The van der Waals surface area contributed by atoms with Gasteiger partial charge in [-0.1, -0.05) is 11.6 Å². The minimum atomic E-state index is -1.05. The Morgan fingerprint density at radius 3 is 2.86 bits per heavy atom. The second-order valence-electron chi connectivity index (χ2n) is 6.84. The molecule has 5 nitrogen and oxygen atoms in total. The third kappa shape index (κ3) is 1.36. The Hall–Kier alpha value is -1.59. The van der Waals surface area contributed by atoms with Gasteiger partial charge in [-0.05, 0) is 26.1 Å². The van der Waals surface area contributed by atoms with E-state index in [9.17, 15) is 5.11 Å². The minimum absolute atomic E-state index is 0.167. The van der Waals surface area contributed by atoms with Crippen molar-refractivity contribution in [1.82, 2.24) is 9.80 Å². The number of fused-ring (bicyclic) bond motifs is 2. The van der Waals surface area contributed by atoms with E-state index in [1.54, 1.807) is 0 Å². The third-order valence-electron chi connectivity index (χ3n) is 5.40. The highest BCUT2D eigenvalue weighted by molar-refractivity contribution is 5.92. The Morgan fingerprint density at radius 2 is 2.10 bits per heavy atom. The van der Waals surface area contributed by atoms with E-state index in [0.29, 0.717) is 18.9 Å². The number of likely N-dealkylation sites (N-methyl/N-ethyl adjacent to an activating group) is 2. The molecule has 3 aliphatic heterocycles. The van der Waals surface area contributed by atoms with Crippen LogP contribution in [0.3, 0.4) is 0 Å². The highest BCUT2D eigenvalue weighted by atomic mass is 16.5. The summed E-state index contributed by atoms with van der Waals surface area (Å²) >= 11 is 0. The summed E-state index contributed by atoms with van der Waals surface area (Å²) in [5.74, 6) is 1.26. The standard InChI is InChI=1S/C16H21N3O2/c1-10-4-5-12-11(6-10)16(20)9-19(3)14(17)15(16)8-18(2)7-13(15)21-12/h4-6,13,17,20H,7-9H2,1-3H3/t13-,15+,16-/m0/s1. The molecule has 0 radical (unpaired) electrons. The van der Waals surface area contributed by atoms with Crippen LogP contribution >= 0.6 is 0 Å². The fourth-order valence-corrected chi connectivity index (χ4v) is 4.44. The van der Waals surface area contributed by atoms with Gasteiger partial charge in [0.1, 0.15) is 28.7 Å². The quantitative estimate of drug-likeness (QED) is 0.741. The number of nitrogens with zero attached hydrogens (tertiary/aromatic N) is 2. The van der Waals surface area contributed by atoms with Gasteiger partial charge in [0.15, 0.2) is 0 Å². The smallest absolute Gasteiger partial charge is 0.128 e. The number of amidine groups is 1. The van der Waals surface area contributed by atoms with E-state index in [1.165, 1.54) is 0 Å². The lowest BCUT2D eigenvalue weighted by molar-refractivity contribution is -0.0880. The first-order chi connectivity index (χ1) is 9.88. The lowest BCUT2D eigenvalue weighted by atomic mass is 9.66. The Morgan fingerprint density at radius 1 is 1.33 bits per heavy atom. The number of β-amino-alcohol motifs (C(OH)–C–C–N with tert-alkyl or cyclic N) is 1. The van der Waals surface area contributed by atoms with Crippen LogP contribution in [0, 0.1) is 17.7 Å². The second kappa shape index (κ2) is 3.78. The molecule has 1 spiro atoms. The van der Waals surface area contributed by atoms with Crippen molar-refractivity contribution < 1.29 is 9.84 Å². The van der Waals surface area contributed by atoms with Crippen molar-refractivity contribution in [2.24, 2.45) is 5.41 Å². The van der Waals surface area contributed by atoms with Crippen molar-refractivity contribution >= 4 is 5.84 Å². The Labute approximate surface area is 124 Å². The maximum atomic E-state index is 11.6. The summed E-state index contributed by atoms with van der Waals surface area (Å²) in [5, 5.41) is 20.2. The number of aliphatic hydroxyl groups is 1. The average molecular weight is 287 g/mol. The molecule has 0 amide bonds. The van der Waals surface area contributed by atoms with Crippen molar-refractivity contribution in [3.63, 3.8) is 0 Å². The molecule has 2 N–H and O–H groups in total. The van der Waals surface area contributed by atoms with Gasteiger partial charge < -0.3 is 19.6 Å². The molecule has 0 unspecified atom stereocenters. The third-order valence-corrected chi connectivity index (χ3v) is 5.40. The molecule has 2 fully saturated rings. The fraction of sp³-hybridized carbons (Fsp3) is 0.562. The van der Waals surface area contributed by atoms with Gasteiger partial charge >= 0.3 is 0 Å². The van der Waals surface area contributed by atoms with E-state index in [4.69, 9.17) is 10.1 Å². The monoisotopic (exact) mass is 287 g/mol. The molecule has 5 heteroatoms. The molecular formula is C16H21N3O2. The van der Waals surface area contributed by atoms with Gasteiger partial charge in [0.05, 0.1) is 6.54 Å². The molecule has 21 heavy (non-hydrogen) atoms. The summed E-state index contributed by atoms with van der Waals surface area (Å²) in [6.07, 6.45) is -0.167. The molecule has 3 atom stereocenters. The van der Waals surface area contributed by atoms with Crippen LogP contribution in [0.4, 0.5) is 0 Å². The SMILES string of the molecule is Cc1ccc2c(c1)[C@@]1(O)CN(C)C(=N)[C@]13CN(C)C[C@@H]3O2. The number of rotatable bonds is 0. The van der Waals surface area contributed by atoms with Crippen LogP contribution in [0.15, 0.2) is 18.2 Å². The number of benzene rings is 1. The van der Waals surface area contributed by atoms with Gasteiger partial charge in [-0.25, -0.2) is 0 Å². The molecule has 0 bridgehead atoms. The van der Waals surface area contributed by atoms with Crippen LogP contribution in [0.5, 0.6) is 5.75 Å². The summed E-state index contributed by atoms with van der Waals surface area (Å²) < 4.78 is 6.20. The molecular weight excluding hydrogens is 266 g/mol. The summed E-state index contributed by atoms with van der Waals surface area (Å²) in [5.41, 5.74) is 0.237. The van der Waals surface area contributed by atoms with Crippen LogP contribution < -0.4 is 4.74 Å². The first-order valence-electron chi connectivity index (χ1n) is 7.37. The first kappa shape index (κ1) is 13.1. The number of hydrogen-bond donors (Lipinski definition) is 2. The van der Waals surface area contributed by atoms with Gasteiger partial charge in [-0.15, -0.1) is 0 Å². The van der Waals surface area contributed by atoms with Gasteiger partial charge in [0, 0.05) is 25.7 Å². The summed E-state index contributed by atoms with van der Waals surface area (Å²) in [6, 6.07) is 5.97. The molecule has 2 saturated heterocycles. The molecule has 1 aromatic carbocycles. The maximum absolute atomic E-state index is 11.6. The van der Waals surface area contributed by atoms with Gasteiger partial charge in [0.2, 0.25) is 0 Å². The average Bonchev–Trinajstić information content (AvgIpc) is 2.85. The molecule has 1 aromatic rings. The van der Waals surface area contributed by atoms with Crippen LogP contribution in [0.2, 0.25) is 0 Å². The van der Waals surface area contributed by atoms with Gasteiger partial charge in [0.25, 0.3) is 0 Å². The predicted octanol–water partition coefficient (Wildman–Crippen LogP) is 0.798. The van der Waals surface area contributed by atoms with Crippen LogP contribution in [0.25, 0.3) is 0 Å². The van der Waals surface area contributed by atoms with Crippen molar-refractivity contribution in [1.29, 1.82) is 5.41 Å². The van der Waals surface area contributed by atoms with Crippen LogP contribution in [-0.2, 0) is 5.60 Å². The lowest BCUT2D eigenvalue weighted by Gasteiger charge is -2.46. The molecule has 0 saturated carbocycles.